The van der Waals surface area contributed by atoms with Crippen molar-refractivity contribution in [2.75, 3.05) is 6.54 Å². The molecule has 0 saturated heterocycles. The summed E-state index contributed by atoms with van der Waals surface area (Å²) in [5.41, 5.74) is 5.47. The maximum absolute atomic E-state index is 12.4. The largest absolute Gasteiger partial charge is 0.451 e. The molecule has 1 aliphatic rings. The zero-order valence-electron chi connectivity index (χ0n) is 7.96. The number of hydrogen-bond acceptors (Lipinski definition) is 3. The molecule has 0 bridgehead atoms. The quantitative estimate of drug-likeness (QED) is 0.762. The summed E-state index contributed by atoms with van der Waals surface area (Å²) in [5, 5.41) is 6.74. The first-order valence-corrected chi connectivity index (χ1v) is 4.71. The molecule has 0 aromatic carbocycles. The number of fused-ring (bicyclic) bond motifs is 1. The number of rotatable bonds is 1. The molecule has 1 aliphatic heterocycles. The molecule has 0 spiro atoms. The first kappa shape index (κ1) is 10.4. The molecule has 0 aliphatic carbocycles. The Morgan fingerprint density at radius 1 is 1.40 bits per heavy atom. The highest BCUT2D eigenvalue weighted by Gasteiger charge is 2.39. The fourth-order valence-corrected chi connectivity index (χ4v) is 1.80. The Labute approximate surface area is 84.3 Å². The van der Waals surface area contributed by atoms with Crippen LogP contribution in [-0.2, 0) is 19.1 Å². The van der Waals surface area contributed by atoms with E-state index in [0.717, 1.165) is 4.57 Å². The van der Waals surface area contributed by atoms with Crippen molar-refractivity contribution in [3.63, 3.8) is 0 Å². The SMILES string of the molecule is NCC1CCn2c(nnc2C(F)(F)F)C1. The molecule has 15 heavy (non-hydrogen) atoms. The summed E-state index contributed by atoms with van der Waals surface area (Å²) in [5.74, 6) is -0.278. The summed E-state index contributed by atoms with van der Waals surface area (Å²) >= 11 is 0. The van der Waals surface area contributed by atoms with E-state index in [1.165, 1.54) is 0 Å². The third-order valence-corrected chi connectivity index (χ3v) is 2.65. The Kier molecular flexibility index (Phi) is 2.41. The average Bonchev–Trinajstić information content (AvgIpc) is 2.59. The Bertz CT molecular complexity index is 357. The standard InChI is InChI=1S/C8H11F3N4/c9-8(10,11)7-14-13-6-3-5(4-12)1-2-15(6)7/h5H,1-4,12H2. The predicted octanol–water partition coefficient (Wildman–Crippen LogP) is 0.818. The number of aromatic nitrogens is 3. The van der Waals surface area contributed by atoms with E-state index in [2.05, 4.69) is 10.2 Å². The van der Waals surface area contributed by atoms with Crippen LogP contribution in [0, 0.1) is 5.92 Å². The predicted molar refractivity (Wildman–Crippen MR) is 45.9 cm³/mol. The highest BCUT2D eigenvalue weighted by atomic mass is 19.4. The molecule has 1 unspecified atom stereocenters. The zero-order valence-corrected chi connectivity index (χ0v) is 7.96. The lowest BCUT2D eigenvalue weighted by atomic mass is 9.98. The van der Waals surface area contributed by atoms with Crippen LogP contribution < -0.4 is 5.73 Å². The lowest BCUT2D eigenvalue weighted by molar-refractivity contribution is -0.147. The number of hydrogen-bond donors (Lipinski definition) is 1. The van der Waals surface area contributed by atoms with Crippen molar-refractivity contribution in [1.82, 2.24) is 14.8 Å². The van der Waals surface area contributed by atoms with Gasteiger partial charge < -0.3 is 10.3 Å². The minimum atomic E-state index is -4.42. The van der Waals surface area contributed by atoms with Gasteiger partial charge in [0.2, 0.25) is 5.82 Å². The maximum Gasteiger partial charge on any atom is 0.451 e. The van der Waals surface area contributed by atoms with Crippen molar-refractivity contribution in [2.45, 2.75) is 25.6 Å². The van der Waals surface area contributed by atoms with Gasteiger partial charge in [-0.15, -0.1) is 10.2 Å². The van der Waals surface area contributed by atoms with E-state index in [0.29, 0.717) is 31.8 Å². The number of halogens is 3. The summed E-state index contributed by atoms with van der Waals surface area (Å²) in [6.45, 7) is 0.785. The maximum atomic E-state index is 12.4. The summed E-state index contributed by atoms with van der Waals surface area (Å²) in [4.78, 5) is 0. The van der Waals surface area contributed by atoms with Gasteiger partial charge >= 0.3 is 6.18 Å². The van der Waals surface area contributed by atoms with Gasteiger partial charge in [0.15, 0.2) is 0 Å². The lowest BCUT2D eigenvalue weighted by Crippen LogP contribution is -2.27. The summed E-state index contributed by atoms with van der Waals surface area (Å²) < 4.78 is 38.5. The minimum absolute atomic E-state index is 0.225. The highest BCUT2D eigenvalue weighted by Crippen LogP contribution is 2.30. The molecule has 0 amide bonds. The van der Waals surface area contributed by atoms with Crippen molar-refractivity contribution < 1.29 is 13.2 Å². The monoisotopic (exact) mass is 220 g/mol. The van der Waals surface area contributed by atoms with E-state index < -0.39 is 12.0 Å². The highest BCUT2D eigenvalue weighted by molar-refractivity contribution is 5.03. The summed E-state index contributed by atoms with van der Waals surface area (Å²) in [7, 11) is 0. The molecule has 84 valence electrons. The first-order chi connectivity index (χ1) is 7.02. The van der Waals surface area contributed by atoms with Crippen molar-refractivity contribution in [3.05, 3.63) is 11.6 Å². The molecule has 1 atom stereocenters. The van der Waals surface area contributed by atoms with Crippen LogP contribution in [-0.4, -0.2) is 21.3 Å². The van der Waals surface area contributed by atoms with Gasteiger partial charge in [-0.3, -0.25) is 0 Å². The second kappa shape index (κ2) is 3.48. The topological polar surface area (TPSA) is 56.7 Å². The van der Waals surface area contributed by atoms with Crippen LogP contribution in [0.15, 0.2) is 0 Å². The van der Waals surface area contributed by atoms with E-state index in [9.17, 15) is 13.2 Å². The third kappa shape index (κ3) is 1.83. The Morgan fingerprint density at radius 3 is 2.73 bits per heavy atom. The van der Waals surface area contributed by atoms with Gasteiger partial charge in [0.1, 0.15) is 5.82 Å². The second-order valence-electron chi connectivity index (χ2n) is 3.68. The molecule has 0 radical (unpaired) electrons. The average molecular weight is 220 g/mol. The smallest absolute Gasteiger partial charge is 0.330 e. The molecule has 0 saturated carbocycles. The van der Waals surface area contributed by atoms with Crippen molar-refractivity contribution >= 4 is 0 Å². The molecule has 1 aromatic rings. The second-order valence-corrected chi connectivity index (χ2v) is 3.68. The number of nitrogens with two attached hydrogens (primary N) is 1. The van der Waals surface area contributed by atoms with Gasteiger partial charge in [-0.2, -0.15) is 13.2 Å². The normalized spacial score (nSPS) is 21.5. The molecular weight excluding hydrogens is 209 g/mol. The van der Waals surface area contributed by atoms with Gasteiger partial charge in [0.25, 0.3) is 0 Å². The molecule has 4 nitrogen and oxygen atoms in total. The van der Waals surface area contributed by atoms with E-state index in [1.807, 2.05) is 0 Å². The van der Waals surface area contributed by atoms with Crippen LogP contribution in [0.2, 0.25) is 0 Å². The molecule has 1 aromatic heterocycles. The van der Waals surface area contributed by atoms with E-state index in [4.69, 9.17) is 5.73 Å². The first-order valence-electron chi connectivity index (χ1n) is 4.71. The van der Waals surface area contributed by atoms with Crippen molar-refractivity contribution in [1.29, 1.82) is 0 Å². The van der Waals surface area contributed by atoms with E-state index >= 15 is 0 Å². The Morgan fingerprint density at radius 2 is 2.13 bits per heavy atom. The summed E-state index contributed by atoms with van der Waals surface area (Å²) in [6, 6.07) is 0. The minimum Gasteiger partial charge on any atom is -0.330 e. The van der Waals surface area contributed by atoms with Crippen molar-refractivity contribution in [2.24, 2.45) is 11.7 Å². The van der Waals surface area contributed by atoms with Crippen molar-refractivity contribution in [3.8, 4) is 0 Å². The van der Waals surface area contributed by atoms with Gasteiger partial charge in [0, 0.05) is 13.0 Å². The van der Waals surface area contributed by atoms with Crippen LogP contribution in [0.5, 0.6) is 0 Å². The Hall–Kier alpha value is -1.11. The van der Waals surface area contributed by atoms with E-state index in [-0.39, 0.29) is 5.92 Å². The molecule has 7 heteroatoms. The van der Waals surface area contributed by atoms with Crippen LogP contribution in [0.4, 0.5) is 13.2 Å². The molecule has 2 heterocycles. The van der Waals surface area contributed by atoms with Gasteiger partial charge in [-0.1, -0.05) is 0 Å². The Balaban J connectivity index is 2.30. The van der Waals surface area contributed by atoms with Crippen LogP contribution in [0.1, 0.15) is 18.1 Å². The molecular formula is C8H11F3N4. The molecule has 0 fully saturated rings. The summed E-state index contributed by atoms with van der Waals surface area (Å²) in [6.07, 6.45) is -3.27. The fourth-order valence-electron chi connectivity index (χ4n) is 1.80. The van der Waals surface area contributed by atoms with Crippen LogP contribution in [0.25, 0.3) is 0 Å². The van der Waals surface area contributed by atoms with E-state index in [1.54, 1.807) is 0 Å². The van der Waals surface area contributed by atoms with Gasteiger partial charge in [-0.05, 0) is 18.9 Å². The zero-order chi connectivity index (χ0) is 11.1. The molecule has 2 rings (SSSR count). The third-order valence-electron chi connectivity index (χ3n) is 2.65. The molecule has 2 N–H and O–H groups in total. The number of alkyl halides is 3. The van der Waals surface area contributed by atoms with Gasteiger partial charge in [-0.25, -0.2) is 0 Å². The van der Waals surface area contributed by atoms with Gasteiger partial charge in [0.05, 0.1) is 0 Å². The van der Waals surface area contributed by atoms with Crippen LogP contribution >= 0.6 is 0 Å². The van der Waals surface area contributed by atoms with Crippen LogP contribution in [0.3, 0.4) is 0 Å². The number of nitrogens with zero attached hydrogens (tertiary/aromatic N) is 3. The lowest BCUT2D eigenvalue weighted by Gasteiger charge is -2.22. The fraction of sp³-hybridized carbons (Fsp3) is 0.750.